The van der Waals surface area contributed by atoms with Crippen LogP contribution in [0.15, 0.2) is 37.1 Å². The van der Waals surface area contributed by atoms with Gasteiger partial charge in [0.1, 0.15) is 0 Å². The topological polar surface area (TPSA) is 142 Å². The zero-order chi connectivity index (χ0) is 16.3. The van der Waals surface area contributed by atoms with E-state index in [1.165, 1.54) is 18.3 Å². The van der Waals surface area contributed by atoms with Gasteiger partial charge in [-0.3, -0.25) is 0 Å². The van der Waals surface area contributed by atoms with Gasteiger partial charge in [0.05, 0.1) is 11.9 Å². The van der Waals surface area contributed by atoms with Crippen molar-refractivity contribution in [2.24, 2.45) is 5.73 Å². The van der Waals surface area contributed by atoms with Crippen molar-refractivity contribution in [3.63, 3.8) is 0 Å². The van der Waals surface area contributed by atoms with Crippen molar-refractivity contribution < 1.29 is 19.8 Å². The molecule has 0 bridgehead atoms. The quantitative estimate of drug-likeness (QED) is 0.652. The highest BCUT2D eigenvalue weighted by atomic mass is 16.4. The Bertz CT molecular complexity index is 488. The van der Waals surface area contributed by atoms with Crippen LogP contribution >= 0.6 is 0 Å². The molecule has 0 spiro atoms. The number of nitrogens with two attached hydrogens (primary N) is 1. The second-order valence-corrected chi connectivity index (χ2v) is 4.01. The monoisotopic (exact) mass is 294 g/mol. The summed E-state index contributed by atoms with van der Waals surface area (Å²) in [7, 11) is 0. The van der Waals surface area contributed by atoms with Gasteiger partial charge in [-0.25, -0.2) is 19.6 Å². The van der Waals surface area contributed by atoms with Crippen LogP contribution in [0, 0.1) is 0 Å². The van der Waals surface area contributed by atoms with Gasteiger partial charge in [-0.1, -0.05) is 13.8 Å². The summed E-state index contributed by atoms with van der Waals surface area (Å²) in [6, 6.07) is 2.90. The van der Waals surface area contributed by atoms with Crippen LogP contribution in [0.1, 0.15) is 34.7 Å². The summed E-state index contributed by atoms with van der Waals surface area (Å²) < 4.78 is 0. The number of aromatic carboxylic acids is 2. The molecule has 2 heterocycles. The molecular weight excluding hydrogens is 276 g/mol. The van der Waals surface area contributed by atoms with Gasteiger partial charge >= 0.3 is 11.9 Å². The molecule has 8 nitrogen and oxygen atoms in total. The lowest BCUT2D eigenvalue weighted by Crippen LogP contribution is -2.09. The zero-order valence-electron chi connectivity index (χ0n) is 11.7. The number of hydrogen-bond donors (Lipinski definition) is 4. The van der Waals surface area contributed by atoms with Gasteiger partial charge < -0.3 is 20.9 Å². The highest BCUT2D eigenvalue weighted by Crippen LogP contribution is 2.04. The molecule has 8 heteroatoms. The number of rotatable bonds is 2. The van der Waals surface area contributed by atoms with E-state index < -0.39 is 17.6 Å². The second-order valence-electron chi connectivity index (χ2n) is 4.01. The van der Waals surface area contributed by atoms with E-state index in [1.807, 2.05) is 13.8 Å². The molecule has 0 aromatic carbocycles. The number of aromatic amines is 1. The molecule has 0 aliphatic carbocycles. The van der Waals surface area contributed by atoms with Crippen LogP contribution in [0.2, 0.25) is 0 Å². The minimum Gasteiger partial charge on any atom is -0.478 e. The minimum absolute atomic E-state index is 0.301. The Hall–Kier alpha value is -2.74. The lowest BCUT2D eigenvalue weighted by molar-refractivity contribution is 0.0646. The fourth-order valence-electron chi connectivity index (χ4n) is 0.963. The predicted molar refractivity (Wildman–Crippen MR) is 76.1 cm³/mol. The van der Waals surface area contributed by atoms with E-state index in [9.17, 15) is 9.59 Å². The Labute approximate surface area is 121 Å². The van der Waals surface area contributed by atoms with E-state index >= 15 is 0 Å². The summed E-state index contributed by atoms with van der Waals surface area (Å²) in [6.45, 7) is 3.89. The van der Waals surface area contributed by atoms with E-state index in [1.54, 1.807) is 18.7 Å². The summed E-state index contributed by atoms with van der Waals surface area (Å²) in [5, 5.41) is 17.0. The SMILES string of the molecule is CC(C)N.O=C(O)c1cccnc1C(=O)O.c1c[nH]cn1. The summed E-state index contributed by atoms with van der Waals surface area (Å²) >= 11 is 0. The first kappa shape index (κ1) is 18.3. The van der Waals surface area contributed by atoms with E-state index in [-0.39, 0.29) is 5.56 Å². The van der Waals surface area contributed by atoms with Gasteiger partial charge in [-0.2, -0.15) is 0 Å². The lowest BCUT2D eigenvalue weighted by atomic mass is 10.2. The molecular formula is C13H18N4O4. The summed E-state index contributed by atoms with van der Waals surface area (Å²) in [5.41, 5.74) is 4.37. The van der Waals surface area contributed by atoms with Crippen molar-refractivity contribution in [2.75, 3.05) is 0 Å². The third kappa shape index (κ3) is 8.89. The predicted octanol–water partition coefficient (Wildman–Crippen LogP) is 1.24. The molecule has 0 fully saturated rings. The molecule has 21 heavy (non-hydrogen) atoms. The minimum atomic E-state index is -1.34. The molecule has 114 valence electrons. The van der Waals surface area contributed by atoms with Crippen LogP contribution in [0.4, 0.5) is 0 Å². The lowest BCUT2D eigenvalue weighted by Gasteiger charge is -1.97. The smallest absolute Gasteiger partial charge is 0.355 e. The highest BCUT2D eigenvalue weighted by molar-refractivity contribution is 5.99. The number of carboxylic acid groups (broad SMARTS) is 2. The summed E-state index contributed by atoms with van der Waals surface area (Å²) in [6.07, 6.45) is 6.32. The number of H-pyrrole nitrogens is 1. The molecule has 0 saturated heterocycles. The Morgan fingerprint density at radius 1 is 1.24 bits per heavy atom. The normalized spacial score (nSPS) is 8.95. The van der Waals surface area contributed by atoms with E-state index in [0.29, 0.717) is 6.04 Å². The van der Waals surface area contributed by atoms with E-state index in [4.69, 9.17) is 15.9 Å². The first-order chi connectivity index (χ1) is 9.86. The van der Waals surface area contributed by atoms with Crippen LogP contribution < -0.4 is 5.73 Å². The van der Waals surface area contributed by atoms with Crippen molar-refractivity contribution in [3.05, 3.63) is 48.3 Å². The molecule has 0 aliphatic rings. The number of imidazole rings is 1. The number of nitrogens with zero attached hydrogens (tertiary/aromatic N) is 2. The zero-order valence-corrected chi connectivity index (χ0v) is 11.7. The number of hydrogen-bond acceptors (Lipinski definition) is 5. The van der Waals surface area contributed by atoms with Gasteiger partial charge in [0.15, 0.2) is 5.69 Å². The van der Waals surface area contributed by atoms with Crippen LogP contribution in [-0.4, -0.2) is 43.1 Å². The standard InChI is InChI=1S/C7H5NO4.C3H4N2.C3H9N/c9-6(10)4-2-1-3-8-5(4)7(11)12;1-2-5-3-4-1;1-3(2)4/h1-3H,(H,9,10)(H,11,12);1-3H,(H,4,5);3H,4H2,1-2H3. The molecule has 0 amide bonds. The second kappa shape index (κ2) is 10.1. The van der Waals surface area contributed by atoms with Gasteiger partial charge in [0.25, 0.3) is 0 Å². The Morgan fingerprint density at radius 3 is 2.14 bits per heavy atom. The van der Waals surface area contributed by atoms with Crippen LogP contribution in [-0.2, 0) is 0 Å². The maximum atomic E-state index is 10.4. The molecule has 0 radical (unpaired) electrons. The number of aromatic nitrogens is 3. The number of nitrogens with one attached hydrogen (secondary N) is 1. The maximum Gasteiger partial charge on any atom is 0.355 e. The van der Waals surface area contributed by atoms with Crippen LogP contribution in [0.5, 0.6) is 0 Å². The van der Waals surface area contributed by atoms with Crippen molar-refractivity contribution >= 4 is 11.9 Å². The Morgan fingerprint density at radius 2 is 1.86 bits per heavy atom. The number of carbonyl (C=O) groups is 2. The first-order valence-electron chi connectivity index (χ1n) is 5.96. The number of pyridine rings is 1. The van der Waals surface area contributed by atoms with Gasteiger partial charge in [-0.05, 0) is 18.2 Å². The third-order valence-corrected chi connectivity index (χ3v) is 1.65. The Kier molecular flexibility index (Phi) is 8.78. The molecule has 0 aliphatic heterocycles. The Balaban J connectivity index is 0.000000364. The average Bonchev–Trinajstić information content (AvgIpc) is 2.97. The summed E-state index contributed by atoms with van der Waals surface area (Å²) in [5.74, 6) is -2.63. The molecule has 0 atom stereocenters. The first-order valence-corrected chi connectivity index (χ1v) is 5.96. The van der Waals surface area contributed by atoms with Gasteiger partial charge in [-0.15, -0.1) is 0 Å². The van der Waals surface area contributed by atoms with Gasteiger partial charge in [0.2, 0.25) is 0 Å². The van der Waals surface area contributed by atoms with Crippen molar-refractivity contribution in [1.82, 2.24) is 15.0 Å². The van der Waals surface area contributed by atoms with Gasteiger partial charge in [0, 0.05) is 18.6 Å². The molecule has 0 unspecified atom stereocenters. The molecule has 2 aromatic rings. The van der Waals surface area contributed by atoms with Crippen LogP contribution in [0.3, 0.4) is 0 Å². The molecule has 2 aromatic heterocycles. The van der Waals surface area contributed by atoms with Crippen LogP contribution in [0.25, 0.3) is 0 Å². The largest absolute Gasteiger partial charge is 0.478 e. The van der Waals surface area contributed by atoms with Crippen molar-refractivity contribution in [3.8, 4) is 0 Å². The third-order valence-electron chi connectivity index (χ3n) is 1.65. The average molecular weight is 294 g/mol. The maximum absolute atomic E-state index is 10.4. The molecule has 0 saturated carbocycles. The fourth-order valence-corrected chi connectivity index (χ4v) is 0.963. The van der Waals surface area contributed by atoms with Crippen molar-refractivity contribution in [2.45, 2.75) is 19.9 Å². The molecule has 2 rings (SSSR count). The number of carboxylic acids is 2. The fraction of sp³-hybridized carbons (Fsp3) is 0.231. The molecule has 5 N–H and O–H groups in total. The summed E-state index contributed by atoms with van der Waals surface area (Å²) in [4.78, 5) is 30.7. The van der Waals surface area contributed by atoms with Crippen molar-refractivity contribution in [1.29, 1.82) is 0 Å². The highest BCUT2D eigenvalue weighted by Gasteiger charge is 2.15. The van der Waals surface area contributed by atoms with E-state index in [2.05, 4.69) is 15.0 Å². The van der Waals surface area contributed by atoms with E-state index in [0.717, 1.165) is 0 Å².